The molecule has 7 nitrogen and oxygen atoms in total. The first-order valence-electron chi connectivity index (χ1n) is 10.0. The van der Waals surface area contributed by atoms with Crippen molar-refractivity contribution in [3.8, 4) is 0 Å². The Balaban J connectivity index is 2.04. The van der Waals surface area contributed by atoms with E-state index >= 15 is 0 Å². The van der Waals surface area contributed by atoms with Crippen LogP contribution in [0.15, 0.2) is 0 Å². The molecule has 0 radical (unpaired) electrons. The fraction of sp³-hybridized carbons (Fsp3) is 1.00. The van der Waals surface area contributed by atoms with Gasteiger partial charge in [-0.1, -0.05) is 44.9 Å². The molecule has 9 heteroatoms. The van der Waals surface area contributed by atoms with E-state index in [2.05, 4.69) is 0 Å². The third-order valence-corrected chi connectivity index (χ3v) is 9.47. The van der Waals surface area contributed by atoms with Gasteiger partial charge in [0.25, 0.3) is 0 Å². The molecule has 0 aromatic heterocycles. The van der Waals surface area contributed by atoms with Gasteiger partial charge >= 0.3 is 15.2 Å². The molecule has 2 fully saturated rings. The van der Waals surface area contributed by atoms with Crippen molar-refractivity contribution in [1.29, 1.82) is 0 Å². The zero-order valence-electron chi connectivity index (χ0n) is 15.6. The zero-order chi connectivity index (χ0) is 19.3. The molecule has 2 rings (SSSR count). The average molecular weight is 411 g/mol. The minimum Gasteiger partial charge on any atom is -0.324 e. The minimum atomic E-state index is -4.27. The van der Waals surface area contributed by atoms with Crippen LogP contribution < -0.4 is 0 Å². The molecule has 0 bridgehead atoms. The highest BCUT2D eigenvalue weighted by molar-refractivity contribution is 7.53. The van der Waals surface area contributed by atoms with Crippen molar-refractivity contribution in [1.82, 2.24) is 4.90 Å². The molecule has 1 saturated carbocycles. The van der Waals surface area contributed by atoms with Crippen LogP contribution in [0.4, 0.5) is 0 Å². The van der Waals surface area contributed by atoms with Crippen molar-refractivity contribution in [3.63, 3.8) is 0 Å². The van der Waals surface area contributed by atoms with Gasteiger partial charge in [0.1, 0.15) is 5.78 Å². The van der Waals surface area contributed by atoms with Crippen LogP contribution in [0.5, 0.6) is 0 Å². The molecule has 1 aliphatic carbocycles. The van der Waals surface area contributed by atoms with Crippen molar-refractivity contribution < 1.29 is 28.7 Å². The molecule has 0 amide bonds. The van der Waals surface area contributed by atoms with Gasteiger partial charge in [-0.25, -0.2) is 0 Å². The Kier molecular flexibility index (Phi) is 8.36. The van der Waals surface area contributed by atoms with Crippen molar-refractivity contribution in [2.24, 2.45) is 0 Å². The molecule has 1 atom stereocenters. The molecule has 0 aromatic rings. The summed E-state index contributed by atoms with van der Waals surface area (Å²) >= 11 is 0. The summed E-state index contributed by atoms with van der Waals surface area (Å²) in [5.41, 5.74) is 0. The monoisotopic (exact) mass is 411 g/mol. The summed E-state index contributed by atoms with van der Waals surface area (Å²) in [7, 11) is -8.52. The van der Waals surface area contributed by atoms with E-state index in [0.29, 0.717) is 45.2 Å². The Morgan fingerprint density at radius 2 is 1.31 bits per heavy atom. The predicted molar refractivity (Wildman–Crippen MR) is 102 cm³/mol. The molecule has 1 saturated heterocycles. The average Bonchev–Trinajstić information content (AvgIpc) is 2.93. The fourth-order valence-corrected chi connectivity index (χ4v) is 7.17. The molecule has 154 valence electrons. The number of hydrogen-bond acceptors (Lipinski definition) is 3. The Morgan fingerprint density at radius 1 is 0.808 bits per heavy atom. The Labute approximate surface area is 156 Å². The standard InChI is InChI=1S/C17H35NO6P2/c19-25(20,21)16(18-14-7-3-4-8-15-18)10-9-13-17(26(22,23)24)11-5-1-2-6-12-17/h16H,1-15H2,(H2,19,20,21)(H2,22,23,24). The van der Waals surface area contributed by atoms with Crippen LogP contribution in [-0.4, -0.2) is 48.5 Å². The first-order valence-corrected chi connectivity index (χ1v) is 13.3. The number of nitrogens with zero attached hydrogens (tertiary/aromatic N) is 1. The van der Waals surface area contributed by atoms with E-state index < -0.39 is 26.1 Å². The van der Waals surface area contributed by atoms with E-state index in [1.54, 1.807) is 0 Å². The molecular formula is C17H35NO6P2. The maximum Gasteiger partial charge on any atom is 0.342 e. The highest BCUT2D eigenvalue weighted by atomic mass is 31.2. The van der Waals surface area contributed by atoms with Gasteiger partial charge in [-0.3, -0.25) is 14.0 Å². The highest BCUT2D eigenvalue weighted by Crippen LogP contribution is 2.59. The van der Waals surface area contributed by atoms with Gasteiger partial charge in [0, 0.05) is 0 Å². The number of rotatable bonds is 7. The van der Waals surface area contributed by atoms with Gasteiger partial charge in [-0.2, -0.15) is 0 Å². The lowest BCUT2D eigenvalue weighted by molar-refractivity contribution is 0.205. The van der Waals surface area contributed by atoms with Gasteiger partial charge in [0.05, 0.1) is 5.16 Å². The molecular weight excluding hydrogens is 376 g/mol. The maximum absolute atomic E-state index is 12.2. The van der Waals surface area contributed by atoms with Crippen molar-refractivity contribution in [2.75, 3.05) is 13.1 Å². The molecule has 1 heterocycles. The molecule has 1 unspecified atom stereocenters. The third kappa shape index (κ3) is 6.13. The van der Waals surface area contributed by atoms with Crippen LogP contribution in [-0.2, 0) is 9.13 Å². The molecule has 0 spiro atoms. The fourth-order valence-electron chi connectivity index (χ4n) is 4.64. The largest absolute Gasteiger partial charge is 0.342 e. The summed E-state index contributed by atoms with van der Waals surface area (Å²) in [5, 5.41) is -0.998. The summed E-state index contributed by atoms with van der Waals surface area (Å²) in [5.74, 6) is -0.819. The second-order valence-corrected chi connectivity index (χ2v) is 11.9. The number of hydrogen-bond donors (Lipinski definition) is 4. The quantitative estimate of drug-likeness (QED) is 0.372. The Hall–Kier alpha value is 0.260. The summed E-state index contributed by atoms with van der Waals surface area (Å²) < 4.78 is 24.3. The maximum atomic E-state index is 12.2. The highest BCUT2D eigenvalue weighted by Gasteiger charge is 2.46. The molecule has 26 heavy (non-hydrogen) atoms. The van der Waals surface area contributed by atoms with Crippen molar-refractivity contribution >= 4 is 15.2 Å². The van der Waals surface area contributed by atoms with E-state index in [0.717, 1.165) is 51.4 Å². The van der Waals surface area contributed by atoms with Gasteiger partial charge in [0.15, 0.2) is 0 Å². The molecule has 1 aliphatic heterocycles. The SMILES string of the molecule is O=P(O)(O)C(CCCC1(P(=O)(O)O)CCCCCC1)N1CCCCCC1. The lowest BCUT2D eigenvalue weighted by Gasteiger charge is -2.35. The van der Waals surface area contributed by atoms with Gasteiger partial charge < -0.3 is 19.6 Å². The van der Waals surface area contributed by atoms with E-state index in [9.17, 15) is 28.7 Å². The summed E-state index contributed by atoms with van der Waals surface area (Å²) in [4.78, 5) is 41.5. The second-order valence-electron chi connectivity index (χ2n) is 8.09. The van der Waals surface area contributed by atoms with E-state index in [4.69, 9.17) is 0 Å². The minimum absolute atomic E-state index is 0.298. The van der Waals surface area contributed by atoms with Crippen LogP contribution in [0.1, 0.15) is 83.5 Å². The lowest BCUT2D eigenvalue weighted by Crippen LogP contribution is -2.36. The van der Waals surface area contributed by atoms with Crippen LogP contribution in [0.25, 0.3) is 0 Å². The van der Waals surface area contributed by atoms with Crippen LogP contribution in [0.3, 0.4) is 0 Å². The first kappa shape index (κ1) is 22.5. The lowest BCUT2D eigenvalue weighted by atomic mass is 9.92. The number of likely N-dealkylation sites (tertiary alicyclic amines) is 1. The van der Waals surface area contributed by atoms with E-state index in [1.807, 2.05) is 4.90 Å². The van der Waals surface area contributed by atoms with Crippen molar-refractivity contribution in [2.45, 2.75) is 94.4 Å². The second kappa shape index (κ2) is 9.65. The first-order chi connectivity index (χ1) is 12.2. The summed E-state index contributed by atoms with van der Waals surface area (Å²) in [6, 6.07) is 0. The van der Waals surface area contributed by atoms with Gasteiger partial charge in [-0.05, 0) is 51.6 Å². The van der Waals surface area contributed by atoms with Crippen LogP contribution >= 0.6 is 15.2 Å². The molecule has 2 aliphatic rings. The Morgan fingerprint density at radius 3 is 1.77 bits per heavy atom. The van der Waals surface area contributed by atoms with E-state index in [-0.39, 0.29) is 0 Å². The van der Waals surface area contributed by atoms with Crippen molar-refractivity contribution in [3.05, 3.63) is 0 Å². The summed E-state index contributed by atoms with van der Waals surface area (Å²) in [6.45, 7) is 1.39. The van der Waals surface area contributed by atoms with Gasteiger partial charge in [-0.15, -0.1) is 0 Å². The third-order valence-electron chi connectivity index (χ3n) is 6.21. The smallest absolute Gasteiger partial charge is 0.324 e. The van der Waals surface area contributed by atoms with Crippen LogP contribution in [0.2, 0.25) is 0 Å². The predicted octanol–water partition coefficient (Wildman–Crippen LogP) is 3.81. The zero-order valence-corrected chi connectivity index (χ0v) is 17.4. The molecule has 0 aromatic carbocycles. The Bertz CT molecular complexity index is 515. The van der Waals surface area contributed by atoms with Crippen LogP contribution in [0, 0.1) is 0 Å². The molecule has 4 N–H and O–H groups in total. The van der Waals surface area contributed by atoms with E-state index in [1.165, 1.54) is 0 Å². The topological polar surface area (TPSA) is 118 Å². The van der Waals surface area contributed by atoms with Gasteiger partial charge in [0.2, 0.25) is 0 Å². The summed E-state index contributed by atoms with van der Waals surface area (Å²) in [6.07, 6.45) is 9.83. The normalized spacial score (nSPS) is 24.6.